The van der Waals surface area contributed by atoms with Gasteiger partial charge in [0, 0.05) is 46.0 Å². The third-order valence-corrected chi connectivity index (χ3v) is 4.20. The van der Waals surface area contributed by atoms with E-state index in [9.17, 15) is 4.21 Å². The molecule has 0 radical (unpaired) electrons. The van der Waals surface area contributed by atoms with Gasteiger partial charge in [0.25, 0.3) is 0 Å². The van der Waals surface area contributed by atoms with Crippen molar-refractivity contribution in [2.75, 3.05) is 23.9 Å². The maximum atomic E-state index is 11.0. The van der Waals surface area contributed by atoms with Gasteiger partial charge < -0.3 is 11.1 Å². The highest BCUT2D eigenvalue weighted by molar-refractivity contribution is 7.84. The van der Waals surface area contributed by atoms with E-state index in [1.54, 1.807) is 6.26 Å². The van der Waals surface area contributed by atoms with E-state index in [0.717, 1.165) is 40.7 Å². The Morgan fingerprint density at radius 3 is 2.60 bits per heavy atom. The Balaban J connectivity index is 2.24. The molecule has 0 spiro atoms. The highest BCUT2D eigenvalue weighted by Crippen LogP contribution is 2.26. The van der Waals surface area contributed by atoms with Gasteiger partial charge in [-0.1, -0.05) is 36.5 Å². The van der Waals surface area contributed by atoms with E-state index in [1.165, 1.54) is 0 Å². The molecule has 2 aromatic carbocycles. The molecular weight excluding hydrogens is 288 g/mol. The highest BCUT2D eigenvalue weighted by atomic mass is 32.2. The van der Waals surface area contributed by atoms with Crippen LogP contribution in [0.25, 0.3) is 10.8 Å². The quantitative estimate of drug-likeness (QED) is 0.636. The number of anilines is 1. The van der Waals surface area contributed by atoms with Crippen LogP contribution in [0.2, 0.25) is 0 Å². The summed E-state index contributed by atoms with van der Waals surface area (Å²) in [6.45, 7) is 0.802. The molecule has 0 aliphatic rings. The zero-order valence-corrected chi connectivity index (χ0v) is 13.0. The number of rotatable bonds is 6. The molecule has 0 saturated carbocycles. The molecule has 0 heterocycles. The number of nitrogens with two attached hydrogens (primary N) is 1. The van der Waals surface area contributed by atoms with E-state index < -0.39 is 10.8 Å². The van der Waals surface area contributed by atoms with E-state index in [2.05, 4.69) is 11.4 Å². The van der Waals surface area contributed by atoms with Gasteiger partial charge in [0.05, 0.1) is 0 Å². The third kappa shape index (κ3) is 3.55. The number of nitrogens with one attached hydrogen (secondary N) is 1. The Morgan fingerprint density at radius 1 is 1.25 bits per heavy atom. The summed E-state index contributed by atoms with van der Waals surface area (Å²) >= 11 is 5.09. The summed E-state index contributed by atoms with van der Waals surface area (Å²) in [5.41, 5.74) is 7.72. The lowest BCUT2D eigenvalue weighted by molar-refractivity contribution is 0.685. The van der Waals surface area contributed by atoms with E-state index in [4.69, 9.17) is 18.0 Å². The molecule has 0 bridgehead atoms. The summed E-state index contributed by atoms with van der Waals surface area (Å²) in [6.07, 6.45) is 2.61. The summed E-state index contributed by atoms with van der Waals surface area (Å²) in [6, 6.07) is 12.0. The summed E-state index contributed by atoms with van der Waals surface area (Å²) in [7, 11) is -0.734. The molecule has 3 N–H and O–H groups in total. The normalized spacial score (nSPS) is 12.2. The molecule has 106 valence electrons. The summed E-state index contributed by atoms with van der Waals surface area (Å²) in [4.78, 5) is 0.411. The van der Waals surface area contributed by atoms with Gasteiger partial charge in [-0.25, -0.2) is 0 Å². The Kier molecular flexibility index (Phi) is 5.09. The van der Waals surface area contributed by atoms with Crippen molar-refractivity contribution in [3.05, 3.63) is 42.0 Å². The number of thiocarbonyl (C=S) groups is 1. The zero-order valence-electron chi connectivity index (χ0n) is 11.4. The summed E-state index contributed by atoms with van der Waals surface area (Å²) in [5.74, 6) is 0.718. The van der Waals surface area contributed by atoms with Crippen LogP contribution >= 0.6 is 12.2 Å². The van der Waals surface area contributed by atoms with Gasteiger partial charge in [0.1, 0.15) is 4.99 Å². The Labute approximate surface area is 127 Å². The first kappa shape index (κ1) is 14.9. The van der Waals surface area contributed by atoms with E-state index in [0.29, 0.717) is 4.99 Å². The van der Waals surface area contributed by atoms with E-state index in [-0.39, 0.29) is 0 Å². The first-order valence-electron chi connectivity index (χ1n) is 6.45. The molecule has 0 saturated heterocycles. The lowest BCUT2D eigenvalue weighted by Crippen LogP contribution is -2.11. The molecule has 0 aliphatic carbocycles. The molecule has 2 aromatic rings. The Bertz CT molecular complexity index is 655. The predicted octanol–water partition coefficient (Wildman–Crippen LogP) is 2.65. The van der Waals surface area contributed by atoms with Crippen LogP contribution in [0.15, 0.2) is 36.4 Å². The molecule has 1 unspecified atom stereocenters. The molecule has 20 heavy (non-hydrogen) atoms. The second-order valence-electron chi connectivity index (χ2n) is 4.63. The maximum absolute atomic E-state index is 11.0. The van der Waals surface area contributed by atoms with Crippen molar-refractivity contribution in [1.82, 2.24) is 0 Å². The topological polar surface area (TPSA) is 55.1 Å². The number of hydrogen-bond donors (Lipinski definition) is 2. The van der Waals surface area contributed by atoms with E-state index in [1.807, 2.05) is 30.3 Å². The minimum atomic E-state index is -0.734. The van der Waals surface area contributed by atoms with Gasteiger partial charge in [0.15, 0.2) is 0 Å². The van der Waals surface area contributed by atoms with Crippen LogP contribution in [-0.4, -0.2) is 27.8 Å². The van der Waals surface area contributed by atoms with Crippen LogP contribution in [-0.2, 0) is 10.8 Å². The maximum Gasteiger partial charge on any atom is 0.104 e. The Morgan fingerprint density at radius 2 is 1.95 bits per heavy atom. The second-order valence-corrected chi connectivity index (χ2v) is 6.62. The highest BCUT2D eigenvalue weighted by Gasteiger charge is 2.07. The molecule has 0 amide bonds. The fourth-order valence-electron chi connectivity index (χ4n) is 2.17. The number of benzene rings is 2. The van der Waals surface area contributed by atoms with Crippen molar-refractivity contribution in [2.24, 2.45) is 5.73 Å². The first-order valence-corrected chi connectivity index (χ1v) is 8.58. The van der Waals surface area contributed by atoms with Crippen LogP contribution in [0.5, 0.6) is 0 Å². The van der Waals surface area contributed by atoms with Gasteiger partial charge in [-0.3, -0.25) is 4.21 Å². The van der Waals surface area contributed by atoms with Crippen molar-refractivity contribution in [2.45, 2.75) is 6.42 Å². The van der Waals surface area contributed by atoms with Crippen molar-refractivity contribution in [3.63, 3.8) is 0 Å². The van der Waals surface area contributed by atoms with Crippen molar-refractivity contribution >= 4 is 44.5 Å². The summed E-state index contributed by atoms with van der Waals surface area (Å²) in [5, 5.41) is 5.56. The van der Waals surface area contributed by atoms with Crippen molar-refractivity contribution in [3.8, 4) is 0 Å². The van der Waals surface area contributed by atoms with Crippen LogP contribution in [0, 0.1) is 0 Å². The summed E-state index contributed by atoms with van der Waals surface area (Å²) < 4.78 is 11.0. The van der Waals surface area contributed by atoms with Crippen LogP contribution in [0.4, 0.5) is 5.69 Å². The Hall–Kier alpha value is -1.46. The largest absolute Gasteiger partial charge is 0.389 e. The lowest BCUT2D eigenvalue weighted by atomic mass is 10.0. The molecule has 2 rings (SSSR count). The second kappa shape index (κ2) is 6.81. The number of fused-ring (bicyclic) bond motifs is 1. The van der Waals surface area contributed by atoms with E-state index >= 15 is 0 Å². The monoisotopic (exact) mass is 306 g/mol. The van der Waals surface area contributed by atoms with Gasteiger partial charge >= 0.3 is 0 Å². The molecule has 0 aliphatic heterocycles. The fraction of sp³-hybridized carbons (Fsp3) is 0.267. The minimum absolute atomic E-state index is 0.411. The average Bonchev–Trinajstić information content (AvgIpc) is 2.43. The SMILES string of the molecule is CS(=O)CCCNc1ccc(C(N)=S)c2ccccc12. The van der Waals surface area contributed by atoms with Gasteiger partial charge in [-0.15, -0.1) is 0 Å². The predicted molar refractivity (Wildman–Crippen MR) is 91.9 cm³/mol. The van der Waals surface area contributed by atoms with Crippen molar-refractivity contribution < 1.29 is 4.21 Å². The van der Waals surface area contributed by atoms with Gasteiger partial charge in [-0.05, 0) is 23.9 Å². The first-order chi connectivity index (χ1) is 9.59. The van der Waals surface area contributed by atoms with Crippen LogP contribution in [0.3, 0.4) is 0 Å². The number of hydrogen-bond acceptors (Lipinski definition) is 3. The third-order valence-electron chi connectivity index (χ3n) is 3.11. The molecular formula is C15H18N2OS2. The zero-order chi connectivity index (χ0) is 14.5. The molecule has 1 atom stereocenters. The molecule has 0 aromatic heterocycles. The molecule has 3 nitrogen and oxygen atoms in total. The average molecular weight is 306 g/mol. The molecule has 5 heteroatoms. The van der Waals surface area contributed by atoms with Gasteiger partial charge in [0.2, 0.25) is 0 Å². The minimum Gasteiger partial charge on any atom is -0.389 e. The lowest BCUT2D eigenvalue weighted by Gasteiger charge is -2.12. The smallest absolute Gasteiger partial charge is 0.104 e. The van der Waals surface area contributed by atoms with Crippen LogP contribution < -0.4 is 11.1 Å². The standard InChI is InChI=1S/C15H18N2OS2/c1-20(18)10-4-9-17-14-8-7-13(15(16)19)11-5-2-3-6-12(11)14/h2-3,5-8,17H,4,9-10H2,1H3,(H2,16,19). The van der Waals surface area contributed by atoms with Gasteiger partial charge in [-0.2, -0.15) is 0 Å². The fourth-order valence-corrected chi connectivity index (χ4v) is 2.90. The van der Waals surface area contributed by atoms with Crippen molar-refractivity contribution in [1.29, 1.82) is 0 Å². The molecule has 0 fully saturated rings. The van der Waals surface area contributed by atoms with Crippen LogP contribution in [0.1, 0.15) is 12.0 Å².